The van der Waals surface area contributed by atoms with Gasteiger partial charge in [-0.1, -0.05) is 54.1 Å². The van der Waals surface area contributed by atoms with E-state index < -0.39 is 5.97 Å². The average molecular weight is 553 g/mol. The number of methoxy groups -OCH3 is 1. The fraction of sp³-hybridized carbons (Fsp3) is 0.0909. The Balaban J connectivity index is 1.33. The van der Waals surface area contributed by atoms with E-state index in [-0.39, 0.29) is 11.5 Å². The van der Waals surface area contributed by atoms with E-state index in [2.05, 4.69) is 0 Å². The molecular formula is C33H25ClO6. The zero-order chi connectivity index (χ0) is 28.1. The number of carbonyl (C=O) groups excluding carboxylic acids is 2. The van der Waals surface area contributed by atoms with Gasteiger partial charge in [-0.3, -0.25) is 4.79 Å². The summed E-state index contributed by atoms with van der Waals surface area (Å²) in [5.74, 6) is 0.856. The third-order valence-electron chi connectivity index (χ3n) is 6.23. The van der Waals surface area contributed by atoms with E-state index in [4.69, 9.17) is 30.2 Å². The van der Waals surface area contributed by atoms with E-state index >= 15 is 0 Å². The molecule has 0 unspecified atom stereocenters. The molecule has 0 spiro atoms. The van der Waals surface area contributed by atoms with Crippen LogP contribution in [0.15, 0.2) is 101 Å². The van der Waals surface area contributed by atoms with E-state index in [0.717, 1.165) is 5.56 Å². The van der Waals surface area contributed by atoms with Crippen molar-refractivity contribution in [1.82, 2.24) is 0 Å². The summed E-state index contributed by atoms with van der Waals surface area (Å²) >= 11 is 5.89. The highest BCUT2D eigenvalue weighted by atomic mass is 35.5. The largest absolute Gasteiger partial charge is 0.493 e. The Hall–Kier alpha value is -4.81. The van der Waals surface area contributed by atoms with Crippen molar-refractivity contribution in [2.24, 2.45) is 0 Å². The highest BCUT2D eigenvalue weighted by molar-refractivity contribution is 6.30. The summed E-state index contributed by atoms with van der Waals surface area (Å²) in [6, 6.07) is 26.9. The van der Waals surface area contributed by atoms with Crippen molar-refractivity contribution in [3.05, 3.63) is 130 Å². The molecule has 0 fully saturated rings. The van der Waals surface area contributed by atoms with Crippen LogP contribution in [0.2, 0.25) is 5.02 Å². The summed E-state index contributed by atoms with van der Waals surface area (Å²) in [4.78, 5) is 25.8. The highest BCUT2D eigenvalue weighted by Crippen LogP contribution is 2.33. The van der Waals surface area contributed by atoms with Crippen LogP contribution < -0.4 is 14.2 Å². The molecule has 5 aromatic rings. The van der Waals surface area contributed by atoms with Gasteiger partial charge < -0.3 is 18.6 Å². The molecule has 200 valence electrons. The summed E-state index contributed by atoms with van der Waals surface area (Å²) in [6.45, 7) is 2.11. The Kier molecular flexibility index (Phi) is 7.99. The Morgan fingerprint density at radius 3 is 2.42 bits per heavy atom. The second-order valence-corrected chi connectivity index (χ2v) is 9.41. The van der Waals surface area contributed by atoms with Gasteiger partial charge in [0, 0.05) is 16.0 Å². The smallest absolute Gasteiger partial charge is 0.347 e. The summed E-state index contributed by atoms with van der Waals surface area (Å²) in [7, 11) is 1.48. The first-order valence-corrected chi connectivity index (χ1v) is 12.9. The number of benzene rings is 4. The van der Waals surface area contributed by atoms with E-state index in [9.17, 15) is 9.59 Å². The van der Waals surface area contributed by atoms with E-state index in [1.165, 1.54) is 13.2 Å². The van der Waals surface area contributed by atoms with Crippen molar-refractivity contribution in [3.63, 3.8) is 0 Å². The zero-order valence-corrected chi connectivity index (χ0v) is 22.6. The van der Waals surface area contributed by atoms with Crippen LogP contribution in [-0.2, 0) is 6.61 Å². The molecule has 0 aliphatic carbocycles. The average Bonchev–Trinajstić information content (AvgIpc) is 3.31. The number of hydrogen-bond donors (Lipinski definition) is 0. The molecule has 0 saturated heterocycles. The van der Waals surface area contributed by atoms with E-state index in [1.54, 1.807) is 73.7 Å². The van der Waals surface area contributed by atoms with Crippen LogP contribution >= 0.6 is 11.6 Å². The lowest BCUT2D eigenvalue weighted by Gasteiger charge is -2.10. The number of halogens is 1. The van der Waals surface area contributed by atoms with Crippen molar-refractivity contribution in [2.75, 3.05) is 7.11 Å². The lowest BCUT2D eigenvalue weighted by molar-refractivity contribution is 0.0729. The third kappa shape index (κ3) is 6.08. The monoisotopic (exact) mass is 552 g/mol. The molecule has 5 rings (SSSR count). The van der Waals surface area contributed by atoms with Crippen molar-refractivity contribution in [1.29, 1.82) is 0 Å². The molecule has 4 aromatic carbocycles. The molecular weight excluding hydrogens is 528 g/mol. The zero-order valence-electron chi connectivity index (χ0n) is 21.8. The number of rotatable bonds is 9. The van der Waals surface area contributed by atoms with Gasteiger partial charge in [0.25, 0.3) is 0 Å². The van der Waals surface area contributed by atoms with Crippen molar-refractivity contribution in [2.45, 2.75) is 13.5 Å². The predicted molar refractivity (Wildman–Crippen MR) is 154 cm³/mol. The molecule has 0 aliphatic rings. The maximum atomic E-state index is 13.3. The van der Waals surface area contributed by atoms with Crippen molar-refractivity contribution in [3.8, 4) is 17.2 Å². The SMILES string of the molecule is COc1cc(C=CC(=O)c2ccc(Cl)cc2)ccc1OC(=O)c1c(C)oc2ccc(OCc3ccccc3)cc12. The maximum absolute atomic E-state index is 13.3. The van der Waals surface area contributed by atoms with Gasteiger partial charge >= 0.3 is 5.97 Å². The lowest BCUT2D eigenvalue weighted by Crippen LogP contribution is -2.10. The highest BCUT2D eigenvalue weighted by Gasteiger charge is 2.22. The minimum atomic E-state index is -0.587. The van der Waals surface area contributed by atoms with Gasteiger partial charge in [-0.25, -0.2) is 4.79 Å². The van der Waals surface area contributed by atoms with Crippen LogP contribution in [0.3, 0.4) is 0 Å². The first kappa shape index (κ1) is 26.8. The standard InChI is InChI=1S/C33H25ClO6/c1-21-32(27-19-26(14-17-29(27)39-21)38-20-23-6-4-3-5-7-23)33(36)40-30-16-9-22(18-31(30)37-2)8-15-28(35)24-10-12-25(34)13-11-24/h3-19H,20H2,1-2H3. The Morgan fingerprint density at radius 1 is 0.900 bits per heavy atom. The number of furan rings is 1. The van der Waals surface area contributed by atoms with E-state index in [1.807, 2.05) is 30.3 Å². The Bertz CT molecular complexity index is 1700. The molecule has 0 amide bonds. The second kappa shape index (κ2) is 11.9. The van der Waals surface area contributed by atoms with Gasteiger partial charge in [-0.15, -0.1) is 0 Å². The molecule has 0 bridgehead atoms. The van der Waals surface area contributed by atoms with Crippen LogP contribution in [0.4, 0.5) is 0 Å². The number of ketones is 1. The van der Waals surface area contributed by atoms with Crippen molar-refractivity contribution >= 4 is 40.4 Å². The third-order valence-corrected chi connectivity index (χ3v) is 6.49. The van der Waals surface area contributed by atoms with Gasteiger partial charge in [0.05, 0.1) is 7.11 Å². The number of ether oxygens (including phenoxy) is 3. The second-order valence-electron chi connectivity index (χ2n) is 8.97. The lowest BCUT2D eigenvalue weighted by atomic mass is 10.1. The molecule has 0 N–H and O–H groups in total. The van der Waals surface area contributed by atoms with Crippen LogP contribution in [0.25, 0.3) is 17.0 Å². The predicted octanol–water partition coefficient (Wildman–Crippen LogP) is 8.10. The molecule has 40 heavy (non-hydrogen) atoms. The molecule has 1 aromatic heterocycles. The number of allylic oxidation sites excluding steroid dienone is 1. The van der Waals surface area contributed by atoms with Crippen LogP contribution in [-0.4, -0.2) is 18.9 Å². The van der Waals surface area contributed by atoms with Gasteiger partial charge in [-0.05, 0) is 78.7 Å². The molecule has 7 heteroatoms. The topological polar surface area (TPSA) is 75.0 Å². The van der Waals surface area contributed by atoms with Gasteiger partial charge in [0.1, 0.15) is 29.3 Å². The maximum Gasteiger partial charge on any atom is 0.347 e. The van der Waals surface area contributed by atoms with Gasteiger partial charge in [0.15, 0.2) is 17.3 Å². The van der Waals surface area contributed by atoms with Crippen LogP contribution in [0.5, 0.6) is 17.2 Å². The summed E-state index contributed by atoms with van der Waals surface area (Å²) in [5, 5.41) is 1.15. The fourth-order valence-corrected chi connectivity index (χ4v) is 4.31. The van der Waals surface area contributed by atoms with Crippen LogP contribution in [0.1, 0.15) is 37.6 Å². The van der Waals surface area contributed by atoms with Gasteiger partial charge in [0.2, 0.25) is 0 Å². The number of hydrogen-bond acceptors (Lipinski definition) is 6. The normalized spacial score (nSPS) is 11.1. The Labute approximate surface area is 236 Å². The first-order chi connectivity index (χ1) is 19.4. The number of fused-ring (bicyclic) bond motifs is 1. The summed E-state index contributed by atoms with van der Waals surface area (Å²) in [6.07, 6.45) is 3.12. The van der Waals surface area contributed by atoms with Gasteiger partial charge in [-0.2, -0.15) is 0 Å². The molecule has 0 saturated carbocycles. The van der Waals surface area contributed by atoms with Crippen molar-refractivity contribution < 1.29 is 28.2 Å². The molecule has 0 atom stereocenters. The number of carbonyl (C=O) groups is 2. The molecule has 1 heterocycles. The minimum absolute atomic E-state index is 0.166. The fourth-order valence-electron chi connectivity index (χ4n) is 4.19. The minimum Gasteiger partial charge on any atom is -0.493 e. The summed E-state index contributed by atoms with van der Waals surface area (Å²) < 4.78 is 22.9. The Morgan fingerprint density at radius 2 is 1.68 bits per heavy atom. The molecule has 0 aliphatic heterocycles. The number of aryl methyl sites for hydroxylation is 1. The number of esters is 1. The summed E-state index contributed by atoms with van der Waals surface area (Å²) in [5.41, 5.74) is 3.11. The van der Waals surface area contributed by atoms with Crippen LogP contribution in [0, 0.1) is 6.92 Å². The quantitative estimate of drug-likeness (QED) is 0.0796. The molecule has 0 radical (unpaired) electrons. The molecule has 6 nitrogen and oxygen atoms in total. The first-order valence-electron chi connectivity index (χ1n) is 12.5. The van der Waals surface area contributed by atoms with E-state index in [0.29, 0.717) is 56.5 Å².